The van der Waals surface area contributed by atoms with Crippen LogP contribution in [0.1, 0.15) is 136 Å². The maximum Gasteiger partial charge on any atom is 0.0579 e. The molecule has 0 atom stereocenters. The molecule has 5 spiro atoms. The molecule has 3 saturated heterocycles. The predicted octanol–water partition coefficient (Wildman–Crippen LogP) is 10.4. The zero-order valence-corrected chi connectivity index (χ0v) is 28.1. The summed E-state index contributed by atoms with van der Waals surface area (Å²) in [6.07, 6.45) is 51.6. The first-order valence-corrected chi connectivity index (χ1v) is 18.9. The molecule has 0 aromatic carbocycles. The Morgan fingerprint density at radius 3 is 1.24 bits per heavy atom. The molecule has 10 aliphatic rings. The molecule has 252 valence electrons. The van der Waals surface area contributed by atoms with E-state index in [9.17, 15) is 0 Å². The number of hydrogen-bond donors (Lipinski definition) is 2. The Hall–Kier alpha value is -1.42. The van der Waals surface area contributed by atoms with Crippen LogP contribution in [0.3, 0.4) is 0 Å². The van der Waals surface area contributed by atoms with Crippen LogP contribution in [0.15, 0.2) is 60.8 Å². The van der Waals surface area contributed by atoms with Crippen molar-refractivity contribution in [1.82, 2.24) is 10.6 Å². The number of piperidine rings is 1. The Kier molecular flexibility index (Phi) is 12.5. The van der Waals surface area contributed by atoms with E-state index in [1.54, 1.807) is 0 Å². The van der Waals surface area contributed by atoms with Crippen LogP contribution < -0.4 is 10.6 Å². The summed E-state index contributed by atoms with van der Waals surface area (Å²) in [5.41, 5.74) is 3.34. The molecule has 2 N–H and O–H groups in total. The fraction of sp³-hybridized carbons (Fsp3) is 0.762. The quantitative estimate of drug-likeness (QED) is 0.266. The highest BCUT2D eigenvalue weighted by molar-refractivity contribution is 5.11. The van der Waals surface area contributed by atoms with E-state index in [4.69, 9.17) is 4.74 Å². The van der Waals surface area contributed by atoms with Crippen molar-refractivity contribution >= 4 is 0 Å². The summed E-state index contributed by atoms with van der Waals surface area (Å²) >= 11 is 0. The van der Waals surface area contributed by atoms with Crippen LogP contribution in [-0.2, 0) is 4.74 Å². The lowest BCUT2D eigenvalue weighted by Crippen LogP contribution is -2.38. The lowest BCUT2D eigenvalue weighted by Gasteiger charge is -2.41. The molecule has 2 saturated carbocycles. The first kappa shape index (κ1) is 34.9. The third-order valence-corrected chi connectivity index (χ3v) is 13.1. The van der Waals surface area contributed by atoms with Crippen LogP contribution in [0.5, 0.6) is 0 Å². The van der Waals surface area contributed by atoms with Crippen molar-refractivity contribution < 1.29 is 4.74 Å². The Bertz CT molecular complexity index is 987. The molecule has 0 amide bonds. The van der Waals surface area contributed by atoms with Gasteiger partial charge in [0.2, 0.25) is 0 Å². The first-order valence-electron chi connectivity index (χ1n) is 18.9. The number of allylic oxidation sites excluding steroid dienone is 9. The molecule has 45 heavy (non-hydrogen) atoms. The second-order valence-electron chi connectivity index (χ2n) is 16.4. The summed E-state index contributed by atoms with van der Waals surface area (Å²) in [4.78, 5) is 0. The highest BCUT2D eigenvalue weighted by Gasteiger charge is 2.38. The van der Waals surface area contributed by atoms with Crippen LogP contribution in [-0.4, -0.2) is 39.4 Å². The minimum Gasteiger partial charge on any atom is -0.379 e. The fourth-order valence-corrected chi connectivity index (χ4v) is 9.27. The van der Waals surface area contributed by atoms with Gasteiger partial charge in [-0.3, -0.25) is 0 Å². The average molecular weight is 617 g/mol. The summed E-state index contributed by atoms with van der Waals surface area (Å²) in [6, 6.07) is 0. The van der Waals surface area contributed by atoms with E-state index in [1.165, 1.54) is 155 Å². The van der Waals surface area contributed by atoms with Crippen molar-refractivity contribution in [1.29, 1.82) is 0 Å². The van der Waals surface area contributed by atoms with Gasteiger partial charge >= 0.3 is 0 Å². The van der Waals surface area contributed by atoms with Crippen molar-refractivity contribution in [2.24, 2.45) is 27.1 Å². The third kappa shape index (κ3) is 9.14. The van der Waals surface area contributed by atoms with E-state index in [0.29, 0.717) is 16.2 Å². The molecule has 0 unspecified atom stereocenters. The molecule has 3 nitrogen and oxygen atoms in total. The maximum atomic E-state index is 5.11. The van der Waals surface area contributed by atoms with Crippen LogP contribution in [0.2, 0.25) is 0 Å². The average Bonchev–Trinajstić information content (AvgIpc) is 3.86. The Morgan fingerprint density at radius 1 is 0.422 bits per heavy atom. The monoisotopic (exact) mass is 617 g/mol. The second-order valence-corrected chi connectivity index (χ2v) is 16.4. The third-order valence-electron chi connectivity index (χ3n) is 13.1. The van der Waals surface area contributed by atoms with Crippen molar-refractivity contribution in [2.45, 2.75) is 136 Å². The lowest BCUT2D eigenvalue weighted by atomic mass is 9.64. The van der Waals surface area contributed by atoms with Gasteiger partial charge in [0.15, 0.2) is 0 Å². The van der Waals surface area contributed by atoms with Crippen LogP contribution in [0.4, 0.5) is 0 Å². The molecule has 0 radical (unpaired) electrons. The van der Waals surface area contributed by atoms with Gasteiger partial charge in [0, 0.05) is 12.0 Å². The van der Waals surface area contributed by atoms with E-state index in [0.717, 1.165) is 24.0 Å². The topological polar surface area (TPSA) is 33.3 Å². The molecule has 3 heteroatoms. The van der Waals surface area contributed by atoms with Gasteiger partial charge in [-0.15, -0.1) is 0 Å². The van der Waals surface area contributed by atoms with E-state index >= 15 is 0 Å². The van der Waals surface area contributed by atoms with Gasteiger partial charge in [0.05, 0.1) is 13.2 Å². The fourth-order valence-electron chi connectivity index (χ4n) is 9.27. The van der Waals surface area contributed by atoms with Crippen molar-refractivity contribution in [3.63, 3.8) is 0 Å². The normalized spacial score (nSPS) is 29.7. The first-order chi connectivity index (χ1) is 21.6. The predicted molar refractivity (Wildman–Crippen MR) is 193 cm³/mol. The Morgan fingerprint density at radius 2 is 0.889 bits per heavy atom. The summed E-state index contributed by atoms with van der Waals surface area (Å²) in [6.45, 7) is 6.91. The molecule has 5 fully saturated rings. The van der Waals surface area contributed by atoms with Gasteiger partial charge < -0.3 is 15.4 Å². The standard InChI is InChI=1S/C9H15N.C9H14.C8H13N.C8H12.C7H10O.CH4/c1-2-4-9(3-1)5-7-10-8-6-9;1-2-5-9(6-3-1)7-4-8-9;1-2-4-8(3-1)5-6-9-7-8;1-2-5-8(4-1)6-3-7-8;1-2-4-7(3-1)5-8-6-7;/h1-2,10H,3-8H2;2,5H,1,3-4,6-8H2;1-2,9H,3-7H2;1,4H,2-3,5-7H2;1,3H,2,4-6H2;1H4. The van der Waals surface area contributed by atoms with Crippen LogP contribution >= 0.6 is 0 Å². The highest BCUT2D eigenvalue weighted by atomic mass is 16.5. The summed E-state index contributed by atoms with van der Waals surface area (Å²) in [5.74, 6) is 0. The summed E-state index contributed by atoms with van der Waals surface area (Å²) in [5, 5.41) is 6.82. The summed E-state index contributed by atoms with van der Waals surface area (Å²) in [7, 11) is 0. The molecule has 0 bridgehead atoms. The second kappa shape index (κ2) is 16.1. The minimum atomic E-state index is 0. The zero-order valence-electron chi connectivity index (χ0n) is 28.1. The van der Waals surface area contributed by atoms with E-state index in [-0.39, 0.29) is 7.43 Å². The van der Waals surface area contributed by atoms with Gasteiger partial charge in [-0.25, -0.2) is 0 Å². The van der Waals surface area contributed by atoms with Gasteiger partial charge in [0.25, 0.3) is 0 Å². The molecule has 3 aliphatic heterocycles. The van der Waals surface area contributed by atoms with Gasteiger partial charge in [-0.05, 0) is 157 Å². The molecule has 7 aliphatic carbocycles. The zero-order chi connectivity index (χ0) is 30.1. The van der Waals surface area contributed by atoms with E-state index in [2.05, 4.69) is 71.4 Å². The van der Waals surface area contributed by atoms with Crippen molar-refractivity contribution in [3.05, 3.63) is 60.8 Å². The maximum absolute atomic E-state index is 5.11. The Balaban J connectivity index is 0.000000111. The van der Waals surface area contributed by atoms with E-state index < -0.39 is 0 Å². The van der Waals surface area contributed by atoms with Crippen LogP contribution in [0.25, 0.3) is 0 Å². The SMILES string of the molecule is C.C1=CC2(CC1)CCC2.C1=CC2(CC1)COC2.C1=CC2(CCC1)CCC2.C1=CCC2(C1)CCNC2.C1=CCC2(C1)CCNCC2. The molecule has 0 aromatic heterocycles. The number of nitrogens with one attached hydrogen (secondary N) is 2. The van der Waals surface area contributed by atoms with Crippen molar-refractivity contribution in [3.8, 4) is 0 Å². The molecule has 0 aromatic rings. The highest BCUT2D eigenvalue weighted by Crippen LogP contribution is 2.49. The molecular formula is C42H68N2O. The van der Waals surface area contributed by atoms with Gasteiger partial charge in [0.1, 0.15) is 0 Å². The number of rotatable bonds is 0. The number of hydrogen-bond acceptors (Lipinski definition) is 3. The minimum absolute atomic E-state index is 0. The number of ether oxygens (including phenoxy) is 1. The lowest BCUT2D eigenvalue weighted by molar-refractivity contribution is -0.0813. The molecule has 3 heterocycles. The smallest absolute Gasteiger partial charge is 0.0579 e. The van der Waals surface area contributed by atoms with Gasteiger partial charge in [-0.1, -0.05) is 81.0 Å². The van der Waals surface area contributed by atoms with Gasteiger partial charge in [-0.2, -0.15) is 0 Å². The molecular weight excluding hydrogens is 548 g/mol. The molecule has 10 rings (SSSR count). The summed E-state index contributed by atoms with van der Waals surface area (Å²) < 4.78 is 5.11. The van der Waals surface area contributed by atoms with Crippen LogP contribution in [0, 0.1) is 27.1 Å². The Labute approximate surface area is 277 Å². The van der Waals surface area contributed by atoms with Crippen molar-refractivity contribution in [2.75, 3.05) is 39.4 Å². The largest absolute Gasteiger partial charge is 0.379 e. The van der Waals surface area contributed by atoms with E-state index in [1.807, 2.05) is 0 Å².